The maximum Gasteiger partial charge on any atom is 0.317 e. The van der Waals surface area contributed by atoms with Crippen LogP contribution in [0.5, 0.6) is 0 Å². The summed E-state index contributed by atoms with van der Waals surface area (Å²) in [6.07, 6.45) is 3.95. The molecule has 2 aliphatic rings. The van der Waals surface area contributed by atoms with E-state index in [9.17, 15) is 4.79 Å². The summed E-state index contributed by atoms with van der Waals surface area (Å²) >= 11 is 0. The zero-order chi connectivity index (χ0) is 14.7. The Bertz CT molecular complexity index is 474. The van der Waals surface area contributed by atoms with Crippen molar-refractivity contribution >= 4 is 6.03 Å². The van der Waals surface area contributed by atoms with Crippen LogP contribution >= 0.6 is 0 Å². The van der Waals surface area contributed by atoms with Crippen LogP contribution < -0.4 is 5.32 Å². The van der Waals surface area contributed by atoms with Crippen LogP contribution in [0.25, 0.3) is 0 Å². The predicted molar refractivity (Wildman–Crippen MR) is 81.8 cm³/mol. The highest BCUT2D eigenvalue weighted by molar-refractivity contribution is 5.74. The lowest BCUT2D eigenvalue weighted by atomic mass is 10.0. The number of fused-ring (bicyclic) bond motifs is 1. The maximum absolute atomic E-state index is 12.2. The summed E-state index contributed by atoms with van der Waals surface area (Å²) in [6.45, 7) is 3.12. The Kier molecular flexibility index (Phi) is 4.44. The molecule has 2 atom stereocenters. The van der Waals surface area contributed by atoms with Crippen LogP contribution in [0.3, 0.4) is 0 Å². The average molecular weight is 288 g/mol. The molecule has 1 heterocycles. The van der Waals surface area contributed by atoms with Gasteiger partial charge < -0.3 is 15.0 Å². The van der Waals surface area contributed by atoms with Crippen LogP contribution in [0.2, 0.25) is 0 Å². The van der Waals surface area contributed by atoms with Gasteiger partial charge in [0.25, 0.3) is 0 Å². The molecule has 3 rings (SSSR count). The molecule has 2 amide bonds. The molecule has 0 aromatic heterocycles. The molecule has 1 aromatic carbocycles. The third kappa shape index (κ3) is 3.38. The number of benzene rings is 1. The molecule has 0 spiro atoms. The van der Waals surface area contributed by atoms with Crippen LogP contribution in [0.15, 0.2) is 24.3 Å². The number of urea groups is 1. The molecule has 1 N–H and O–H groups in total. The van der Waals surface area contributed by atoms with Crippen molar-refractivity contribution in [2.75, 3.05) is 20.2 Å². The number of methoxy groups -OCH3 is 1. The second kappa shape index (κ2) is 6.48. The van der Waals surface area contributed by atoms with Crippen LogP contribution in [0, 0.1) is 11.8 Å². The van der Waals surface area contributed by atoms with E-state index in [0.717, 1.165) is 36.1 Å². The van der Waals surface area contributed by atoms with E-state index >= 15 is 0 Å². The molecule has 1 aliphatic heterocycles. The fourth-order valence-corrected chi connectivity index (χ4v) is 3.61. The maximum atomic E-state index is 12.2. The number of amides is 2. The average Bonchev–Trinajstić information content (AvgIpc) is 3.08. The van der Waals surface area contributed by atoms with Crippen molar-refractivity contribution in [2.24, 2.45) is 11.8 Å². The Hall–Kier alpha value is -1.55. The van der Waals surface area contributed by atoms with Gasteiger partial charge in [-0.1, -0.05) is 30.7 Å². The number of carbonyl (C=O) groups is 1. The summed E-state index contributed by atoms with van der Waals surface area (Å²) in [5.41, 5.74) is 2.28. The van der Waals surface area contributed by atoms with Crippen LogP contribution in [-0.2, 0) is 17.9 Å². The van der Waals surface area contributed by atoms with Crippen LogP contribution in [-0.4, -0.2) is 31.1 Å². The highest BCUT2D eigenvalue weighted by Crippen LogP contribution is 2.37. The van der Waals surface area contributed by atoms with Gasteiger partial charge in [-0.2, -0.15) is 0 Å². The minimum Gasteiger partial charge on any atom is -0.380 e. The number of nitrogens with zero attached hydrogens (tertiary/aromatic N) is 1. The molecule has 4 heteroatoms. The Labute approximate surface area is 126 Å². The molecule has 4 nitrogen and oxygen atoms in total. The van der Waals surface area contributed by atoms with Crippen molar-refractivity contribution in [1.82, 2.24) is 10.2 Å². The van der Waals surface area contributed by atoms with Gasteiger partial charge in [-0.05, 0) is 35.8 Å². The normalized spacial score (nSPS) is 24.1. The van der Waals surface area contributed by atoms with E-state index in [0.29, 0.717) is 13.2 Å². The van der Waals surface area contributed by atoms with Crippen molar-refractivity contribution < 1.29 is 9.53 Å². The van der Waals surface area contributed by atoms with Crippen molar-refractivity contribution in [2.45, 2.75) is 32.4 Å². The molecular weight excluding hydrogens is 264 g/mol. The minimum atomic E-state index is 0.0883. The molecule has 1 saturated carbocycles. The van der Waals surface area contributed by atoms with Crippen LogP contribution in [0.4, 0.5) is 4.79 Å². The van der Waals surface area contributed by atoms with Gasteiger partial charge in [0.2, 0.25) is 0 Å². The molecule has 1 saturated heterocycles. The van der Waals surface area contributed by atoms with Crippen molar-refractivity contribution in [1.29, 1.82) is 0 Å². The lowest BCUT2D eigenvalue weighted by Crippen LogP contribution is -2.38. The zero-order valence-corrected chi connectivity index (χ0v) is 12.7. The number of rotatable bonds is 4. The largest absolute Gasteiger partial charge is 0.380 e. The third-order valence-electron chi connectivity index (χ3n) is 4.79. The SMILES string of the molecule is COCc1ccc(CNC(=O)N2C[C@@H]3CCC[C@H]3C2)cc1. The Morgan fingerprint density at radius 2 is 1.81 bits per heavy atom. The van der Waals surface area contributed by atoms with Gasteiger partial charge in [0.1, 0.15) is 0 Å². The first-order valence-electron chi connectivity index (χ1n) is 7.86. The fraction of sp³-hybridized carbons (Fsp3) is 0.588. The van der Waals surface area contributed by atoms with Crippen LogP contribution in [0.1, 0.15) is 30.4 Å². The zero-order valence-electron chi connectivity index (χ0n) is 12.7. The molecular formula is C17H24N2O2. The van der Waals surface area contributed by atoms with Gasteiger partial charge in [0, 0.05) is 26.7 Å². The van der Waals surface area contributed by atoms with Gasteiger partial charge in [0.15, 0.2) is 0 Å². The summed E-state index contributed by atoms with van der Waals surface area (Å²) in [6, 6.07) is 8.28. The van der Waals surface area contributed by atoms with E-state index in [4.69, 9.17) is 4.74 Å². The van der Waals surface area contributed by atoms with E-state index in [-0.39, 0.29) is 6.03 Å². The smallest absolute Gasteiger partial charge is 0.317 e. The predicted octanol–water partition coefficient (Wildman–Crippen LogP) is 2.77. The number of hydrogen-bond acceptors (Lipinski definition) is 2. The lowest BCUT2D eigenvalue weighted by Gasteiger charge is -2.18. The topological polar surface area (TPSA) is 41.6 Å². The van der Waals surface area contributed by atoms with E-state index < -0.39 is 0 Å². The molecule has 1 aliphatic carbocycles. The molecule has 0 radical (unpaired) electrons. The Morgan fingerprint density at radius 1 is 1.19 bits per heavy atom. The second-order valence-corrected chi connectivity index (χ2v) is 6.26. The summed E-state index contributed by atoms with van der Waals surface area (Å²) in [5, 5.41) is 3.04. The first-order valence-corrected chi connectivity index (χ1v) is 7.86. The monoisotopic (exact) mass is 288 g/mol. The minimum absolute atomic E-state index is 0.0883. The molecule has 0 unspecified atom stereocenters. The standard InChI is InChI=1S/C17H24N2O2/c1-21-12-14-7-5-13(6-8-14)9-18-17(20)19-10-15-3-2-4-16(15)11-19/h5-8,15-16H,2-4,9-12H2,1H3,(H,18,20)/t15-,16-/m0/s1. The summed E-state index contributed by atoms with van der Waals surface area (Å²) in [4.78, 5) is 14.2. The van der Waals surface area contributed by atoms with Crippen molar-refractivity contribution in [3.8, 4) is 0 Å². The van der Waals surface area contributed by atoms with E-state index in [2.05, 4.69) is 5.32 Å². The van der Waals surface area contributed by atoms with E-state index in [1.807, 2.05) is 29.2 Å². The number of ether oxygens (including phenoxy) is 1. The van der Waals surface area contributed by atoms with Gasteiger partial charge in [-0.3, -0.25) is 0 Å². The van der Waals surface area contributed by atoms with Gasteiger partial charge >= 0.3 is 6.03 Å². The summed E-state index contributed by atoms with van der Waals surface area (Å²) in [7, 11) is 1.69. The molecule has 114 valence electrons. The van der Waals surface area contributed by atoms with E-state index in [1.165, 1.54) is 19.3 Å². The first-order chi connectivity index (χ1) is 10.3. The van der Waals surface area contributed by atoms with Crippen molar-refractivity contribution in [3.05, 3.63) is 35.4 Å². The molecule has 0 bridgehead atoms. The first kappa shape index (κ1) is 14.4. The number of likely N-dealkylation sites (tertiary alicyclic amines) is 1. The summed E-state index contributed by atoms with van der Waals surface area (Å²) < 4.78 is 5.09. The lowest BCUT2D eigenvalue weighted by molar-refractivity contribution is 0.185. The highest BCUT2D eigenvalue weighted by atomic mass is 16.5. The van der Waals surface area contributed by atoms with Crippen molar-refractivity contribution in [3.63, 3.8) is 0 Å². The van der Waals surface area contributed by atoms with E-state index in [1.54, 1.807) is 7.11 Å². The van der Waals surface area contributed by atoms with Gasteiger partial charge in [-0.15, -0.1) is 0 Å². The number of hydrogen-bond donors (Lipinski definition) is 1. The number of nitrogens with one attached hydrogen (secondary N) is 1. The fourth-order valence-electron chi connectivity index (χ4n) is 3.61. The molecule has 2 fully saturated rings. The van der Waals surface area contributed by atoms with Gasteiger partial charge in [0.05, 0.1) is 6.61 Å². The Balaban J connectivity index is 1.47. The quantitative estimate of drug-likeness (QED) is 0.925. The Morgan fingerprint density at radius 3 is 2.43 bits per heavy atom. The third-order valence-corrected chi connectivity index (χ3v) is 4.79. The second-order valence-electron chi connectivity index (χ2n) is 6.26. The number of carbonyl (C=O) groups excluding carboxylic acids is 1. The molecule has 1 aromatic rings. The molecule has 21 heavy (non-hydrogen) atoms. The van der Waals surface area contributed by atoms with Gasteiger partial charge in [-0.25, -0.2) is 4.79 Å². The summed E-state index contributed by atoms with van der Waals surface area (Å²) in [5.74, 6) is 1.51. The highest BCUT2D eigenvalue weighted by Gasteiger charge is 2.37.